The predicted molar refractivity (Wildman–Crippen MR) is 61.2 cm³/mol. The predicted octanol–water partition coefficient (Wildman–Crippen LogP) is 1.78. The third-order valence-corrected chi connectivity index (χ3v) is 2.40. The van der Waals surface area contributed by atoms with Crippen LogP contribution < -0.4 is 10.5 Å². The van der Waals surface area contributed by atoms with Crippen molar-refractivity contribution in [2.75, 3.05) is 12.8 Å². The Bertz CT molecular complexity index is 518. The number of nitrogen functional groups attached to an aromatic ring is 1. The number of rotatable bonds is 2. The van der Waals surface area contributed by atoms with Crippen molar-refractivity contribution in [2.45, 2.75) is 0 Å². The average Bonchev–Trinajstić information content (AvgIpc) is 2.33. The fourth-order valence-electron chi connectivity index (χ4n) is 1.28. The number of aromatic nitrogens is 3. The van der Waals surface area contributed by atoms with Gasteiger partial charge < -0.3 is 10.5 Å². The largest absolute Gasteiger partial charge is 0.494 e. The monoisotopic (exact) mass is 236 g/mol. The van der Waals surface area contributed by atoms with Crippen LogP contribution >= 0.6 is 11.6 Å². The first-order chi connectivity index (χ1) is 7.74. The molecular weight excluding hydrogens is 228 g/mol. The number of pyridine rings is 1. The molecule has 2 N–H and O–H groups in total. The summed E-state index contributed by atoms with van der Waals surface area (Å²) in [5.41, 5.74) is 6.61. The Labute approximate surface area is 97.3 Å². The van der Waals surface area contributed by atoms with E-state index < -0.39 is 0 Å². The quantitative estimate of drug-likeness (QED) is 0.860. The normalized spacial score (nSPS) is 10.1. The summed E-state index contributed by atoms with van der Waals surface area (Å²) in [6.45, 7) is 0. The van der Waals surface area contributed by atoms with Gasteiger partial charge in [0.1, 0.15) is 34.3 Å². The van der Waals surface area contributed by atoms with Crippen LogP contribution in [0.4, 0.5) is 5.82 Å². The Balaban J connectivity index is 2.63. The van der Waals surface area contributed by atoms with Gasteiger partial charge in [-0.1, -0.05) is 11.6 Å². The van der Waals surface area contributed by atoms with Crippen molar-refractivity contribution in [3.8, 4) is 17.1 Å². The van der Waals surface area contributed by atoms with Crippen molar-refractivity contribution in [3.05, 3.63) is 29.7 Å². The van der Waals surface area contributed by atoms with Crippen molar-refractivity contribution < 1.29 is 4.74 Å². The summed E-state index contributed by atoms with van der Waals surface area (Å²) in [6.07, 6.45) is 2.97. The van der Waals surface area contributed by atoms with E-state index in [4.69, 9.17) is 22.1 Å². The number of methoxy groups -OCH3 is 1. The molecule has 6 heteroatoms. The van der Waals surface area contributed by atoms with Gasteiger partial charge in [-0.3, -0.25) is 4.98 Å². The Hall–Kier alpha value is -1.88. The summed E-state index contributed by atoms with van der Waals surface area (Å²) in [7, 11) is 1.55. The molecule has 16 heavy (non-hydrogen) atoms. The second-order valence-electron chi connectivity index (χ2n) is 2.98. The lowest BCUT2D eigenvalue weighted by Crippen LogP contribution is -1.98. The Morgan fingerprint density at radius 1 is 1.25 bits per heavy atom. The summed E-state index contributed by atoms with van der Waals surface area (Å²) in [5.74, 6) is 0.807. The molecular formula is C10H9ClN4O. The first kappa shape index (κ1) is 10.6. The third-order valence-electron chi connectivity index (χ3n) is 2.03. The number of nitrogens with two attached hydrogens (primary N) is 1. The minimum atomic E-state index is 0.222. The fraction of sp³-hybridized carbons (Fsp3) is 0.100. The second-order valence-corrected chi connectivity index (χ2v) is 3.35. The van der Waals surface area contributed by atoms with Crippen LogP contribution in [0.3, 0.4) is 0 Å². The number of hydrogen-bond acceptors (Lipinski definition) is 5. The molecule has 0 aliphatic heterocycles. The van der Waals surface area contributed by atoms with Gasteiger partial charge in [0.15, 0.2) is 0 Å². The molecule has 0 unspecified atom stereocenters. The first-order valence-electron chi connectivity index (χ1n) is 4.49. The van der Waals surface area contributed by atoms with Crippen LogP contribution in [0.1, 0.15) is 0 Å². The van der Waals surface area contributed by atoms with Crippen molar-refractivity contribution in [3.63, 3.8) is 0 Å². The first-order valence-corrected chi connectivity index (χ1v) is 4.87. The number of nitrogens with zero attached hydrogens (tertiary/aromatic N) is 3. The molecule has 0 fully saturated rings. The molecule has 2 rings (SSSR count). The van der Waals surface area contributed by atoms with Crippen molar-refractivity contribution >= 4 is 17.4 Å². The van der Waals surface area contributed by atoms with E-state index in [-0.39, 0.29) is 10.8 Å². The highest BCUT2D eigenvalue weighted by molar-refractivity contribution is 6.35. The molecule has 0 saturated heterocycles. The van der Waals surface area contributed by atoms with Crippen LogP contribution in [0, 0.1) is 0 Å². The molecule has 0 spiro atoms. The lowest BCUT2D eigenvalue weighted by molar-refractivity contribution is 0.414. The molecule has 0 aromatic carbocycles. The van der Waals surface area contributed by atoms with E-state index in [0.29, 0.717) is 17.1 Å². The summed E-state index contributed by atoms with van der Waals surface area (Å²) in [6, 6.07) is 3.54. The van der Waals surface area contributed by atoms with Gasteiger partial charge in [0.2, 0.25) is 0 Å². The third kappa shape index (κ3) is 1.77. The van der Waals surface area contributed by atoms with Crippen LogP contribution in [0.15, 0.2) is 24.7 Å². The fourth-order valence-corrected chi connectivity index (χ4v) is 1.47. The van der Waals surface area contributed by atoms with E-state index in [0.717, 1.165) is 0 Å². The van der Waals surface area contributed by atoms with Crippen molar-refractivity contribution in [1.29, 1.82) is 0 Å². The molecule has 0 bridgehead atoms. The lowest BCUT2D eigenvalue weighted by Gasteiger charge is -2.08. The van der Waals surface area contributed by atoms with E-state index in [2.05, 4.69) is 15.0 Å². The maximum atomic E-state index is 6.01. The van der Waals surface area contributed by atoms with Gasteiger partial charge in [0.05, 0.1) is 7.11 Å². The van der Waals surface area contributed by atoms with Crippen molar-refractivity contribution in [2.24, 2.45) is 0 Å². The molecule has 5 nitrogen and oxygen atoms in total. The molecule has 0 atom stereocenters. The average molecular weight is 237 g/mol. The van der Waals surface area contributed by atoms with E-state index in [9.17, 15) is 0 Å². The topological polar surface area (TPSA) is 73.9 Å². The van der Waals surface area contributed by atoms with Gasteiger partial charge >= 0.3 is 0 Å². The molecule has 0 amide bonds. The van der Waals surface area contributed by atoms with Crippen LogP contribution in [-0.2, 0) is 0 Å². The van der Waals surface area contributed by atoms with Crippen LogP contribution in [-0.4, -0.2) is 22.1 Å². The SMILES string of the molecule is COc1cccnc1-c1ncnc(N)c1Cl. The van der Waals surface area contributed by atoms with E-state index in [1.807, 2.05) is 0 Å². The minimum Gasteiger partial charge on any atom is -0.494 e. The van der Waals surface area contributed by atoms with Crippen LogP contribution in [0.2, 0.25) is 5.02 Å². The Morgan fingerprint density at radius 3 is 2.81 bits per heavy atom. The zero-order chi connectivity index (χ0) is 11.5. The molecule has 2 aromatic heterocycles. The van der Waals surface area contributed by atoms with Gasteiger partial charge in [-0.2, -0.15) is 0 Å². The van der Waals surface area contributed by atoms with Crippen LogP contribution in [0.5, 0.6) is 5.75 Å². The van der Waals surface area contributed by atoms with Gasteiger partial charge in [-0.25, -0.2) is 9.97 Å². The zero-order valence-electron chi connectivity index (χ0n) is 8.51. The highest BCUT2D eigenvalue weighted by Gasteiger charge is 2.14. The van der Waals surface area contributed by atoms with E-state index >= 15 is 0 Å². The van der Waals surface area contributed by atoms with Crippen molar-refractivity contribution in [1.82, 2.24) is 15.0 Å². The maximum Gasteiger partial charge on any atom is 0.146 e. The Morgan fingerprint density at radius 2 is 2.06 bits per heavy atom. The molecule has 0 radical (unpaired) electrons. The molecule has 0 aliphatic carbocycles. The van der Waals surface area contributed by atoms with Gasteiger partial charge in [0, 0.05) is 6.20 Å². The highest BCUT2D eigenvalue weighted by atomic mass is 35.5. The molecule has 2 heterocycles. The number of anilines is 1. The smallest absolute Gasteiger partial charge is 0.146 e. The molecule has 0 saturated carbocycles. The van der Waals surface area contributed by atoms with Crippen LogP contribution in [0.25, 0.3) is 11.4 Å². The lowest BCUT2D eigenvalue weighted by atomic mass is 10.2. The summed E-state index contributed by atoms with van der Waals surface area (Å²) < 4.78 is 5.17. The Kier molecular flexibility index (Phi) is 2.87. The molecule has 2 aromatic rings. The second kappa shape index (κ2) is 4.32. The summed E-state index contributed by atoms with van der Waals surface area (Å²) >= 11 is 6.01. The highest BCUT2D eigenvalue weighted by Crippen LogP contribution is 2.32. The summed E-state index contributed by atoms with van der Waals surface area (Å²) in [4.78, 5) is 12.0. The summed E-state index contributed by atoms with van der Waals surface area (Å²) in [5, 5.41) is 0.277. The van der Waals surface area contributed by atoms with E-state index in [1.165, 1.54) is 6.33 Å². The van der Waals surface area contributed by atoms with Gasteiger partial charge in [0.25, 0.3) is 0 Å². The number of hydrogen-bond donors (Lipinski definition) is 1. The van der Waals surface area contributed by atoms with E-state index in [1.54, 1.807) is 25.4 Å². The number of halogens is 1. The molecule has 0 aliphatic rings. The van der Waals surface area contributed by atoms with Gasteiger partial charge in [-0.15, -0.1) is 0 Å². The zero-order valence-corrected chi connectivity index (χ0v) is 9.27. The minimum absolute atomic E-state index is 0.222. The number of ether oxygens (including phenoxy) is 1. The maximum absolute atomic E-state index is 6.01. The molecule has 82 valence electrons. The van der Waals surface area contributed by atoms with Gasteiger partial charge in [-0.05, 0) is 12.1 Å². The standard InChI is InChI=1S/C10H9ClN4O/c1-16-6-3-2-4-13-8(6)9-7(11)10(12)15-5-14-9/h2-5H,1H3,(H2,12,14,15).